The summed E-state index contributed by atoms with van der Waals surface area (Å²) in [5, 5.41) is 0. The highest BCUT2D eigenvalue weighted by molar-refractivity contribution is 7.20. The molecule has 5 heteroatoms. The van der Waals surface area contributed by atoms with Crippen LogP contribution >= 0.6 is 8.61 Å². The fourth-order valence-corrected chi connectivity index (χ4v) is 3.65. The van der Waals surface area contributed by atoms with Crippen molar-refractivity contribution >= 4 is 8.61 Å². The van der Waals surface area contributed by atoms with Crippen molar-refractivity contribution in [1.29, 1.82) is 0 Å². The molecule has 1 saturated carbocycles. The molecule has 3 rings (SSSR count). The summed E-state index contributed by atoms with van der Waals surface area (Å²) < 4.78 is 18.3. The summed E-state index contributed by atoms with van der Waals surface area (Å²) in [6.07, 6.45) is 4.77. The van der Waals surface area contributed by atoms with E-state index in [2.05, 4.69) is 0 Å². The van der Waals surface area contributed by atoms with Crippen LogP contribution in [0.1, 0.15) is 43.2 Å². The predicted molar refractivity (Wildman–Crippen MR) is 98.9 cm³/mol. The van der Waals surface area contributed by atoms with Gasteiger partial charge in [-0.15, -0.1) is 0 Å². The van der Waals surface area contributed by atoms with Crippen LogP contribution in [-0.2, 0) is 4.57 Å². The molecule has 1 aliphatic carbocycles. The molecule has 0 N–H and O–H groups in total. The van der Waals surface area contributed by atoms with Gasteiger partial charge in [0.15, 0.2) is 0 Å². The van der Waals surface area contributed by atoms with Gasteiger partial charge in [0.05, 0.1) is 0 Å². The Bertz CT molecular complexity index is 694. The number of hydrogen-bond acceptors (Lipinski definition) is 3. The lowest BCUT2D eigenvalue weighted by Gasteiger charge is -2.41. The molecule has 0 aromatic heterocycles. The highest BCUT2D eigenvalue weighted by Gasteiger charge is 2.43. The molecule has 0 aliphatic heterocycles. The van der Waals surface area contributed by atoms with Gasteiger partial charge in [-0.3, -0.25) is 4.57 Å². The molecule has 1 aliphatic rings. The average Bonchev–Trinajstić information content (AvgIpc) is 2.64. The first-order chi connectivity index (χ1) is 12.1. The van der Waals surface area contributed by atoms with E-state index in [-0.39, 0.29) is 8.61 Å². The zero-order valence-corrected chi connectivity index (χ0v) is 15.7. The van der Waals surface area contributed by atoms with E-state index in [0.29, 0.717) is 5.75 Å². The number of benzene rings is 2. The Morgan fingerprint density at radius 3 is 1.88 bits per heavy atom. The second-order valence-corrected chi connectivity index (χ2v) is 7.21. The molecule has 1 fully saturated rings. The molecule has 2 aromatic rings. The first kappa shape index (κ1) is 17.9. The molecule has 4 nitrogen and oxygen atoms in total. The maximum absolute atomic E-state index is 11.9. The van der Waals surface area contributed by atoms with Gasteiger partial charge < -0.3 is 9.57 Å². The van der Waals surface area contributed by atoms with Gasteiger partial charge in [0, 0.05) is 12.8 Å². The fraction of sp³-hybridized carbons (Fsp3) is 0.400. The quantitative estimate of drug-likeness (QED) is 0.369. The number of hydroxylamine groups is 1. The molecule has 25 heavy (non-hydrogen) atoms. The summed E-state index contributed by atoms with van der Waals surface area (Å²) >= 11 is 0. The van der Waals surface area contributed by atoms with Crippen molar-refractivity contribution in [2.24, 2.45) is 0 Å². The van der Waals surface area contributed by atoms with Crippen molar-refractivity contribution in [3.05, 3.63) is 59.7 Å². The minimum atomic E-state index is -0.721. The highest BCUT2D eigenvalue weighted by Crippen LogP contribution is 2.39. The molecule has 0 unspecified atom stereocenters. The van der Waals surface area contributed by atoms with E-state index in [0.717, 1.165) is 43.4 Å². The van der Waals surface area contributed by atoms with Crippen molar-refractivity contribution in [1.82, 2.24) is 4.83 Å². The van der Waals surface area contributed by atoms with Crippen LogP contribution in [0, 0.1) is 13.8 Å². The van der Waals surface area contributed by atoms with E-state index in [4.69, 9.17) is 9.57 Å². The van der Waals surface area contributed by atoms with E-state index >= 15 is 0 Å². The summed E-state index contributed by atoms with van der Waals surface area (Å²) in [5.41, 5.74) is 1.61. The lowest BCUT2D eigenvalue weighted by molar-refractivity contribution is -0.177. The monoisotopic (exact) mass is 357 g/mol. The van der Waals surface area contributed by atoms with E-state index < -0.39 is 5.72 Å². The predicted octanol–water partition coefficient (Wildman–Crippen LogP) is 5.85. The zero-order valence-electron chi connectivity index (χ0n) is 14.8. The van der Waals surface area contributed by atoms with Gasteiger partial charge >= 0.3 is 0 Å². The molecule has 2 aromatic carbocycles. The lowest BCUT2D eigenvalue weighted by atomic mass is 9.92. The Morgan fingerprint density at radius 2 is 1.36 bits per heavy atom. The van der Waals surface area contributed by atoms with Crippen molar-refractivity contribution in [3.8, 4) is 11.5 Å². The first-order valence-corrected chi connectivity index (χ1v) is 9.52. The Hall–Kier alpha value is -1.90. The summed E-state index contributed by atoms with van der Waals surface area (Å²) in [4.78, 5) is 7.40. The minimum Gasteiger partial charge on any atom is -0.469 e. The number of hydrogen-bond donors (Lipinski definition) is 0. The summed E-state index contributed by atoms with van der Waals surface area (Å²) in [6, 6.07) is 15.7. The molecule has 0 heterocycles. The van der Waals surface area contributed by atoms with Crippen LogP contribution in [0.3, 0.4) is 0 Å². The van der Waals surface area contributed by atoms with Gasteiger partial charge in [0.25, 0.3) is 8.61 Å². The molecule has 0 atom stereocenters. The summed E-state index contributed by atoms with van der Waals surface area (Å²) in [5.74, 6) is 1.43. The van der Waals surface area contributed by atoms with Gasteiger partial charge in [0.2, 0.25) is 5.72 Å². The van der Waals surface area contributed by atoms with E-state index in [9.17, 15) is 4.57 Å². The second kappa shape index (κ2) is 7.99. The third-order valence-electron chi connectivity index (χ3n) is 4.60. The molecule has 0 saturated heterocycles. The first-order valence-electron chi connectivity index (χ1n) is 8.75. The number of ether oxygens (including phenoxy) is 1. The van der Waals surface area contributed by atoms with Crippen LogP contribution in [0.25, 0.3) is 0 Å². The van der Waals surface area contributed by atoms with Crippen molar-refractivity contribution in [2.45, 2.75) is 51.7 Å². The fourth-order valence-electron chi connectivity index (χ4n) is 3.14. The Kier molecular flexibility index (Phi) is 5.72. The Labute approximate surface area is 151 Å². The van der Waals surface area contributed by atoms with Crippen LogP contribution < -0.4 is 9.57 Å². The molecular weight excluding hydrogens is 333 g/mol. The Morgan fingerprint density at radius 1 is 0.840 bits per heavy atom. The molecular formula is C20H24NO3P. The average molecular weight is 357 g/mol. The van der Waals surface area contributed by atoms with Crippen LogP contribution in [0.4, 0.5) is 0 Å². The molecule has 0 bridgehead atoms. The third-order valence-corrected chi connectivity index (χ3v) is 5.19. The van der Waals surface area contributed by atoms with Gasteiger partial charge in [-0.25, -0.2) is 0 Å². The van der Waals surface area contributed by atoms with Crippen LogP contribution in [0.15, 0.2) is 48.5 Å². The normalized spacial score (nSPS) is 16.8. The summed E-state index contributed by atoms with van der Waals surface area (Å²) in [6.45, 7) is 4.07. The van der Waals surface area contributed by atoms with Crippen LogP contribution in [0.2, 0.25) is 0 Å². The SMILES string of the molecule is Cc1ccc(ON(P=O)C2(Oc3ccc(C)cc3)CCCCC2)cc1. The van der Waals surface area contributed by atoms with Gasteiger partial charge in [0.1, 0.15) is 11.5 Å². The number of nitrogens with zero attached hydrogens (tertiary/aromatic N) is 1. The number of rotatable bonds is 6. The second-order valence-electron chi connectivity index (χ2n) is 6.68. The lowest BCUT2D eigenvalue weighted by Crippen LogP contribution is -2.51. The molecule has 0 spiro atoms. The minimum absolute atomic E-state index is 0.204. The topological polar surface area (TPSA) is 38.8 Å². The van der Waals surface area contributed by atoms with Crippen molar-refractivity contribution in [2.75, 3.05) is 0 Å². The maximum Gasteiger partial charge on any atom is 0.289 e. The van der Waals surface area contributed by atoms with Crippen molar-refractivity contribution in [3.63, 3.8) is 0 Å². The van der Waals surface area contributed by atoms with Crippen LogP contribution in [0.5, 0.6) is 11.5 Å². The maximum atomic E-state index is 11.9. The van der Waals surface area contributed by atoms with Gasteiger partial charge in [-0.2, -0.15) is 0 Å². The largest absolute Gasteiger partial charge is 0.469 e. The zero-order chi connectivity index (χ0) is 17.7. The molecule has 132 valence electrons. The summed E-state index contributed by atoms with van der Waals surface area (Å²) in [7, 11) is -0.204. The Balaban J connectivity index is 1.85. The molecule has 0 radical (unpaired) electrons. The molecule has 0 amide bonds. The van der Waals surface area contributed by atoms with E-state index in [1.54, 1.807) is 0 Å². The third kappa shape index (κ3) is 4.39. The highest BCUT2D eigenvalue weighted by atomic mass is 31.1. The standard InChI is InChI=1S/C20H24NO3P/c1-16-6-10-18(11-7-16)23-20(14-4-3-5-15-20)21(25-22)24-19-12-8-17(2)9-13-19/h6-13H,3-5,14-15H2,1-2H3. The van der Waals surface area contributed by atoms with Gasteiger partial charge in [-0.05, 0) is 55.8 Å². The van der Waals surface area contributed by atoms with E-state index in [1.807, 2.05) is 62.4 Å². The van der Waals surface area contributed by atoms with Gasteiger partial charge in [-0.1, -0.05) is 41.8 Å². The number of aryl methyl sites for hydroxylation is 2. The smallest absolute Gasteiger partial charge is 0.289 e. The van der Waals surface area contributed by atoms with E-state index in [1.165, 1.54) is 10.4 Å². The van der Waals surface area contributed by atoms with Crippen LogP contribution in [-0.4, -0.2) is 10.6 Å². The van der Waals surface area contributed by atoms with Crippen molar-refractivity contribution < 1.29 is 14.1 Å².